The molecule has 3 heteroatoms. The van der Waals surface area contributed by atoms with Crippen molar-refractivity contribution in [3.8, 4) is 0 Å². The molecule has 1 heterocycles. The van der Waals surface area contributed by atoms with Crippen LogP contribution in [-0.2, 0) is 4.74 Å². The molecule has 90 valence electrons. The molecule has 1 fully saturated rings. The Balaban J connectivity index is 2.23. The number of nitrogens with one attached hydrogen (secondary N) is 1. The van der Waals surface area contributed by atoms with Crippen molar-refractivity contribution >= 4 is 0 Å². The largest absolute Gasteiger partial charge is 0.390 e. The lowest BCUT2D eigenvalue weighted by Crippen LogP contribution is -2.40. The lowest BCUT2D eigenvalue weighted by molar-refractivity contribution is -0.0577. The molecule has 2 N–H and O–H groups in total. The van der Waals surface area contributed by atoms with Crippen molar-refractivity contribution in [1.82, 2.24) is 5.32 Å². The molecule has 0 aromatic carbocycles. The fourth-order valence-electron chi connectivity index (χ4n) is 2.17. The Kier molecular flexibility index (Phi) is 5.58. The van der Waals surface area contributed by atoms with E-state index >= 15 is 0 Å². The van der Waals surface area contributed by atoms with E-state index < -0.39 is 5.60 Å². The van der Waals surface area contributed by atoms with Gasteiger partial charge in [-0.15, -0.1) is 0 Å². The van der Waals surface area contributed by atoms with Crippen molar-refractivity contribution in [3.63, 3.8) is 0 Å². The highest BCUT2D eigenvalue weighted by molar-refractivity contribution is 4.84. The molecule has 0 bridgehead atoms. The van der Waals surface area contributed by atoms with Gasteiger partial charge < -0.3 is 15.2 Å². The summed E-state index contributed by atoms with van der Waals surface area (Å²) in [7, 11) is 0. The van der Waals surface area contributed by atoms with Gasteiger partial charge in [-0.1, -0.05) is 6.92 Å². The first kappa shape index (κ1) is 12.9. The van der Waals surface area contributed by atoms with E-state index in [1.165, 1.54) is 0 Å². The molecule has 0 spiro atoms. The van der Waals surface area contributed by atoms with Crippen LogP contribution in [-0.4, -0.2) is 37.0 Å². The van der Waals surface area contributed by atoms with Crippen LogP contribution in [0.25, 0.3) is 0 Å². The topological polar surface area (TPSA) is 41.5 Å². The fourth-order valence-corrected chi connectivity index (χ4v) is 2.17. The van der Waals surface area contributed by atoms with Gasteiger partial charge in [-0.25, -0.2) is 0 Å². The molecule has 0 amide bonds. The molecule has 0 aliphatic carbocycles. The third-order valence-electron chi connectivity index (χ3n) is 3.34. The summed E-state index contributed by atoms with van der Waals surface area (Å²) in [5.74, 6) is 0.412. The van der Waals surface area contributed by atoms with Crippen molar-refractivity contribution in [2.45, 2.75) is 45.1 Å². The van der Waals surface area contributed by atoms with E-state index in [1.54, 1.807) is 0 Å². The van der Waals surface area contributed by atoms with Crippen LogP contribution in [0.4, 0.5) is 0 Å². The minimum Gasteiger partial charge on any atom is -0.390 e. The maximum Gasteiger partial charge on any atom is 0.0661 e. The Morgan fingerprint density at radius 3 is 2.60 bits per heavy atom. The number of rotatable bonds is 6. The number of hydrogen-bond acceptors (Lipinski definition) is 3. The second-order valence-electron chi connectivity index (χ2n) is 4.74. The summed E-state index contributed by atoms with van der Waals surface area (Å²) >= 11 is 0. The minimum atomic E-state index is -0.523. The highest BCUT2D eigenvalue weighted by atomic mass is 16.5. The monoisotopic (exact) mass is 215 g/mol. The number of hydrogen-bond donors (Lipinski definition) is 2. The Morgan fingerprint density at radius 2 is 2.00 bits per heavy atom. The Labute approximate surface area is 93.2 Å². The third-order valence-corrected chi connectivity index (χ3v) is 3.34. The quantitative estimate of drug-likeness (QED) is 0.661. The first-order chi connectivity index (χ1) is 7.17. The molecule has 1 aliphatic rings. The SMILES string of the molecule is CCCNCCC(C)(O)C1CCOCC1. The highest BCUT2D eigenvalue weighted by Gasteiger charge is 2.32. The van der Waals surface area contributed by atoms with Crippen LogP contribution in [0.15, 0.2) is 0 Å². The summed E-state index contributed by atoms with van der Waals surface area (Å²) in [6, 6.07) is 0. The smallest absolute Gasteiger partial charge is 0.0661 e. The zero-order chi connectivity index (χ0) is 11.1. The van der Waals surface area contributed by atoms with Gasteiger partial charge in [-0.05, 0) is 51.6 Å². The van der Waals surface area contributed by atoms with Crippen molar-refractivity contribution in [1.29, 1.82) is 0 Å². The van der Waals surface area contributed by atoms with E-state index in [-0.39, 0.29) is 0 Å². The minimum absolute atomic E-state index is 0.412. The van der Waals surface area contributed by atoms with Crippen molar-refractivity contribution in [2.75, 3.05) is 26.3 Å². The summed E-state index contributed by atoms with van der Waals surface area (Å²) in [4.78, 5) is 0. The summed E-state index contributed by atoms with van der Waals surface area (Å²) in [5, 5.41) is 13.7. The summed E-state index contributed by atoms with van der Waals surface area (Å²) < 4.78 is 5.31. The molecule has 1 unspecified atom stereocenters. The van der Waals surface area contributed by atoms with Crippen LogP contribution in [0.5, 0.6) is 0 Å². The highest BCUT2D eigenvalue weighted by Crippen LogP contribution is 2.29. The summed E-state index contributed by atoms with van der Waals surface area (Å²) in [6.07, 6.45) is 4.00. The molecule has 0 radical (unpaired) electrons. The Hall–Kier alpha value is -0.120. The zero-order valence-electron chi connectivity index (χ0n) is 10.1. The van der Waals surface area contributed by atoms with Gasteiger partial charge in [-0.2, -0.15) is 0 Å². The molecule has 1 atom stereocenters. The zero-order valence-corrected chi connectivity index (χ0v) is 10.1. The van der Waals surface area contributed by atoms with Crippen molar-refractivity contribution < 1.29 is 9.84 Å². The first-order valence-electron chi connectivity index (χ1n) is 6.17. The Morgan fingerprint density at radius 1 is 1.33 bits per heavy atom. The molecule has 15 heavy (non-hydrogen) atoms. The maximum atomic E-state index is 10.3. The predicted octanol–water partition coefficient (Wildman–Crippen LogP) is 1.55. The average molecular weight is 215 g/mol. The first-order valence-corrected chi connectivity index (χ1v) is 6.17. The lowest BCUT2D eigenvalue weighted by atomic mass is 9.81. The molecular formula is C12H25NO2. The van der Waals surface area contributed by atoms with Crippen LogP contribution in [0, 0.1) is 5.92 Å². The van der Waals surface area contributed by atoms with Crippen LogP contribution in [0.2, 0.25) is 0 Å². The summed E-state index contributed by atoms with van der Waals surface area (Å²) in [5.41, 5.74) is -0.523. The predicted molar refractivity (Wildman–Crippen MR) is 61.9 cm³/mol. The van der Waals surface area contributed by atoms with Gasteiger partial charge in [-0.3, -0.25) is 0 Å². The van der Waals surface area contributed by atoms with Gasteiger partial charge >= 0.3 is 0 Å². The molecule has 0 saturated carbocycles. The van der Waals surface area contributed by atoms with Gasteiger partial charge in [0.15, 0.2) is 0 Å². The maximum absolute atomic E-state index is 10.3. The second kappa shape index (κ2) is 6.46. The van der Waals surface area contributed by atoms with E-state index in [9.17, 15) is 5.11 Å². The number of ether oxygens (including phenoxy) is 1. The molecular weight excluding hydrogens is 190 g/mol. The standard InChI is InChI=1S/C12H25NO2/c1-3-7-13-8-6-12(2,14)11-4-9-15-10-5-11/h11,13-14H,3-10H2,1-2H3. The second-order valence-corrected chi connectivity index (χ2v) is 4.74. The summed E-state index contributed by atoms with van der Waals surface area (Å²) in [6.45, 7) is 7.70. The van der Waals surface area contributed by atoms with E-state index in [1.807, 2.05) is 6.92 Å². The van der Waals surface area contributed by atoms with Crippen LogP contribution < -0.4 is 5.32 Å². The van der Waals surface area contributed by atoms with Gasteiger partial charge in [0.05, 0.1) is 5.60 Å². The lowest BCUT2D eigenvalue weighted by Gasteiger charge is -2.35. The van der Waals surface area contributed by atoms with Gasteiger partial charge in [0.25, 0.3) is 0 Å². The average Bonchev–Trinajstić information content (AvgIpc) is 2.26. The van der Waals surface area contributed by atoms with Crippen molar-refractivity contribution in [2.24, 2.45) is 5.92 Å². The number of aliphatic hydroxyl groups is 1. The fraction of sp³-hybridized carbons (Fsp3) is 1.00. The van der Waals surface area contributed by atoms with Gasteiger partial charge in [0.1, 0.15) is 0 Å². The van der Waals surface area contributed by atoms with Crippen LogP contribution in [0.1, 0.15) is 39.5 Å². The Bertz CT molecular complexity index is 165. The van der Waals surface area contributed by atoms with E-state index in [0.717, 1.165) is 52.0 Å². The van der Waals surface area contributed by atoms with Crippen LogP contribution in [0.3, 0.4) is 0 Å². The molecule has 1 saturated heterocycles. The third kappa shape index (κ3) is 4.49. The van der Waals surface area contributed by atoms with Gasteiger partial charge in [0, 0.05) is 13.2 Å². The molecule has 1 rings (SSSR count). The molecule has 0 aromatic rings. The van der Waals surface area contributed by atoms with Crippen LogP contribution >= 0.6 is 0 Å². The van der Waals surface area contributed by atoms with E-state index in [2.05, 4.69) is 12.2 Å². The van der Waals surface area contributed by atoms with Gasteiger partial charge in [0.2, 0.25) is 0 Å². The molecule has 1 aliphatic heterocycles. The molecule has 3 nitrogen and oxygen atoms in total. The normalized spacial score (nSPS) is 22.6. The van der Waals surface area contributed by atoms with E-state index in [4.69, 9.17) is 4.74 Å². The molecule has 0 aromatic heterocycles. The van der Waals surface area contributed by atoms with Crippen molar-refractivity contribution in [3.05, 3.63) is 0 Å². The van der Waals surface area contributed by atoms with E-state index in [0.29, 0.717) is 5.92 Å².